The van der Waals surface area contributed by atoms with Crippen LogP contribution in [0.25, 0.3) is 12.2 Å². The summed E-state index contributed by atoms with van der Waals surface area (Å²) in [5.41, 5.74) is 6.92. The summed E-state index contributed by atoms with van der Waals surface area (Å²) in [6, 6.07) is 17.3. The first-order valence-corrected chi connectivity index (χ1v) is 18.8. The van der Waals surface area contributed by atoms with Gasteiger partial charge in [-0.25, -0.2) is 12.2 Å². The van der Waals surface area contributed by atoms with Crippen LogP contribution in [0.2, 0.25) is 39.3 Å². The number of rotatable bonds is 2. The van der Waals surface area contributed by atoms with Gasteiger partial charge in [0.25, 0.3) is 0 Å². The predicted molar refractivity (Wildman–Crippen MR) is 128 cm³/mol. The molecular weight excluding hydrogens is 519 g/mol. The summed E-state index contributed by atoms with van der Waals surface area (Å²) in [5.74, 6) is 0. The van der Waals surface area contributed by atoms with Crippen LogP contribution in [0.4, 0.5) is 0 Å². The van der Waals surface area contributed by atoms with E-state index in [1.807, 2.05) is 0 Å². The molecule has 2 aliphatic carbocycles. The van der Waals surface area contributed by atoms with Crippen LogP contribution in [-0.4, -0.2) is 20.4 Å². The van der Waals surface area contributed by atoms with Crippen molar-refractivity contribution < 1.29 is 49.0 Å². The molecule has 0 bridgehead atoms. The van der Waals surface area contributed by atoms with Crippen molar-refractivity contribution in [3.63, 3.8) is 0 Å². The fourth-order valence-corrected chi connectivity index (χ4v) is 7.33. The van der Waals surface area contributed by atoms with E-state index in [4.69, 9.17) is 0 Å². The normalized spacial score (nSPS) is 17.9. The molecule has 0 saturated carbocycles. The van der Waals surface area contributed by atoms with Crippen LogP contribution in [0, 0.1) is 12.2 Å². The molecule has 0 saturated heterocycles. The van der Waals surface area contributed by atoms with Gasteiger partial charge in [-0.1, -0.05) is 86.8 Å². The minimum absolute atomic E-state index is 0. The van der Waals surface area contributed by atoms with Crippen LogP contribution < -0.4 is 24.8 Å². The van der Waals surface area contributed by atoms with Gasteiger partial charge in [0, 0.05) is 16.1 Å². The maximum Gasteiger partial charge on any atom is -1.00 e. The van der Waals surface area contributed by atoms with E-state index in [9.17, 15) is 0 Å². The second-order valence-electron chi connectivity index (χ2n) is 9.48. The molecule has 2 aromatic carbocycles. The summed E-state index contributed by atoms with van der Waals surface area (Å²) in [4.78, 5) is 0. The van der Waals surface area contributed by atoms with Crippen molar-refractivity contribution in [1.82, 2.24) is 0 Å². The molecule has 0 spiro atoms. The van der Waals surface area contributed by atoms with Gasteiger partial charge in [-0.2, -0.15) is 11.1 Å². The Morgan fingerprint density at radius 2 is 0.933 bits per heavy atom. The standard InChI is InChI=1S/2C12H15Si.CH2.2ClH.Zr/c2*1-13(2,3)12-9-8-10-6-4-5-7-11(10)12;;;;/h2*4-8,12H,1-3H3;1H2;2*1H;/q2*-1;;;;+2/p-2/t2*12-;;;;/m10..../s1. The zero-order chi connectivity index (χ0) is 20.9. The van der Waals surface area contributed by atoms with Crippen molar-refractivity contribution in [3.8, 4) is 0 Å². The second-order valence-corrected chi connectivity index (χ2v) is 20.1. The van der Waals surface area contributed by atoms with Crippen molar-refractivity contribution in [1.29, 1.82) is 0 Å². The summed E-state index contributed by atoms with van der Waals surface area (Å²) < 4.78 is 3.34. The van der Waals surface area contributed by atoms with Gasteiger partial charge in [0.15, 0.2) is 0 Å². The molecule has 30 heavy (non-hydrogen) atoms. The van der Waals surface area contributed by atoms with Gasteiger partial charge in [-0.3, -0.25) is 12.2 Å². The fraction of sp³-hybridized carbons (Fsp3) is 0.320. The Kier molecular flexibility index (Phi) is 12.5. The molecule has 5 heteroatoms. The summed E-state index contributed by atoms with van der Waals surface area (Å²) in [5, 5.41) is 0. The molecular formula is C25H32Cl2Si2Zr-2. The Balaban J connectivity index is 0.000000488. The average molecular weight is 551 g/mol. The van der Waals surface area contributed by atoms with Crippen LogP contribution in [0.15, 0.2) is 48.5 Å². The van der Waals surface area contributed by atoms with Crippen LogP contribution in [0.3, 0.4) is 0 Å². The second kappa shape index (κ2) is 12.7. The first-order chi connectivity index (χ1) is 13.2. The van der Waals surface area contributed by atoms with Gasteiger partial charge in [-0.05, 0) is 0 Å². The number of benzene rings is 2. The Hall–Kier alpha value is -0.313. The van der Waals surface area contributed by atoms with Crippen molar-refractivity contribution in [2.24, 2.45) is 0 Å². The number of allylic oxidation sites excluding steroid dienone is 2. The van der Waals surface area contributed by atoms with E-state index in [1.165, 1.54) is 46.5 Å². The first-order valence-electron chi connectivity index (χ1n) is 9.90. The minimum Gasteiger partial charge on any atom is -1.00 e. The van der Waals surface area contributed by atoms with Gasteiger partial charge < -0.3 is 24.8 Å². The topological polar surface area (TPSA) is 0 Å². The Morgan fingerprint density at radius 3 is 1.23 bits per heavy atom. The van der Waals surface area contributed by atoms with E-state index in [2.05, 4.69) is 116 Å². The van der Waals surface area contributed by atoms with Crippen LogP contribution >= 0.6 is 0 Å². The molecule has 160 valence electrons. The maximum atomic E-state index is 3.50. The smallest absolute Gasteiger partial charge is 1.00 e. The fourth-order valence-electron chi connectivity index (χ4n) is 3.77. The third-order valence-corrected chi connectivity index (χ3v) is 9.58. The number of hydrogen-bond donors (Lipinski definition) is 0. The molecule has 0 radical (unpaired) electrons. The Morgan fingerprint density at radius 1 is 0.633 bits per heavy atom. The van der Waals surface area contributed by atoms with Gasteiger partial charge >= 0.3 is 28.4 Å². The third kappa shape index (κ3) is 7.38. The SMILES string of the molecule is C[Si](C)(C)[C@@H]1[C-]=Cc2ccccc21.C[Si](C)(C)[C@H]1[C-]=Cc2ccccc21.[CH2]=[Zr+2].[Cl-].[Cl-]. The summed E-state index contributed by atoms with van der Waals surface area (Å²) in [6.45, 7) is 14.4. The summed E-state index contributed by atoms with van der Waals surface area (Å²) in [7, 11) is -2.24. The number of fused-ring (bicyclic) bond motifs is 2. The average Bonchev–Trinajstić information content (AvgIpc) is 3.27. The minimum atomic E-state index is -1.12. The molecule has 2 aromatic rings. The molecule has 0 nitrogen and oxygen atoms in total. The van der Waals surface area contributed by atoms with Gasteiger partial charge in [0.2, 0.25) is 0 Å². The van der Waals surface area contributed by atoms with E-state index in [-0.39, 0.29) is 24.8 Å². The van der Waals surface area contributed by atoms with Crippen LogP contribution in [0.5, 0.6) is 0 Å². The molecule has 0 amide bonds. The van der Waals surface area contributed by atoms with E-state index in [1.54, 1.807) is 0 Å². The predicted octanol–water partition coefficient (Wildman–Crippen LogP) is 0.928. The zero-order valence-electron chi connectivity index (χ0n) is 18.9. The Bertz CT molecular complexity index is 792. The van der Waals surface area contributed by atoms with Crippen LogP contribution in [0.1, 0.15) is 33.3 Å². The van der Waals surface area contributed by atoms with E-state index < -0.39 is 16.1 Å². The van der Waals surface area contributed by atoms with E-state index in [0.29, 0.717) is 11.1 Å². The summed E-state index contributed by atoms with van der Waals surface area (Å²) in [6.07, 6.45) is 11.3. The van der Waals surface area contributed by atoms with E-state index in [0.717, 1.165) is 0 Å². The van der Waals surface area contributed by atoms with Crippen molar-refractivity contribution in [2.45, 2.75) is 50.4 Å². The van der Waals surface area contributed by atoms with Gasteiger partial charge in [0.1, 0.15) is 0 Å². The molecule has 0 aliphatic heterocycles. The third-order valence-electron chi connectivity index (χ3n) is 5.16. The Labute approximate surface area is 213 Å². The maximum absolute atomic E-state index is 3.50. The molecule has 2 atom stereocenters. The van der Waals surface area contributed by atoms with Crippen molar-refractivity contribution >= 4 is 32.5 Å². The van der Waals surface area contributed by atoms with Gasteiger partial charge in [0.05, 0.1) is 0 Å². The number of hydrogen-bond acceptors (Lipinski definition) is 0. The van der Waals surface area contributed by atoms with Gasteiger partial charge in [-0.15, -0.1) is 23.3 Å². The van der Waals surface area contributed by atoms with E-state index >= 15 is 0 Å². The first kappa shape index (κ1) is 29.7. The molecule has 0 unspecified atom stereocenters. The van der Waals surface area contributed by atoms with Crippen molar-refractivity contribution in [2.75, 3.05) is 0 Å². The zero-order valence-corrected chi connectivity index (χ0v) is 24.9. The quantitative estimate of drug-likeness (QED) is 0.386. The molecule has 0 heterocycles. The molecule has 0 aromatic heterocycles. The largest absolute Gasteiger partial charge is 1.00 e. The van der Waals surface area contributed by atoms with Crippen molar-refractivity contribution in [3.05, 3.63) is 82.9 Å². The molecule has 0 fully saturated rings. The molecule has 4 rings (SSSR count). The number of halogens is 2. The monoisotopic (exact) mass is 548 g/mol. The van der Waals surface area contributed by atoms with Crippen LogP contribution in [-0.2, 0) is 24.2 Å². The molecule has 2 aliphatic rings. The molecule has 0 N–H and O–H groups in total. The summed E-state index contributed by atoms with van der Waals surface area (Å²) >= 11 is 1.30.